The lowest BCUT2D eigenvalue weighted by Crippen LogP contribution is -2.37. The minimum atomic E-state index is 0.787. The van der Waals surface area contributed by atoms with Crippen molar-refractivity contribution in [2.45, 2.75) is 82.7 Å². The van der Waals surface area contributed by atoms with Gasteiger partial charge in [-0.05, 0) is 44.4 Å². The minimum absolute atomic E-state index is 0.787. The van der Waals surface area contributed by atoms with E-state index in [1.54, 1.807) is 0 Å². The first-order valence-electron chi connectivity index (χ1n) is 8.13. The number of nitrogens with one attached hydrogen (secondary N) is 1. The molecular weight excluding hydrogens is 222 g/mol. The summed E-state index contributed by atoms with van der Waals surface area (Å²) in [6.07, 6.45) is 15.5. The third-order valence-electron chi connectivity index (χ3n) is 4.82. The van der Waals surface area contributed by atoms with Crippen LogP contribution >= 0.6 is 0 Å². The Morgan fingerprint density at radius 3 is 2.17 bits per heavy atom. The Labute approximate surface area is 113 Å². The highest BCUT2D eigenvalue weighted by molar-refractivity contribution is 4.80. The molecule has 0 aromatic heterocycles. The predicted octanol–water partition coefficient (Wildman–Crippen LogP) is 3.89. The van der Waals surface area contributed by atoms with Gasteiger partial charge in [0.15, 0.2) is 0 Å². The molecule has 2 aliphatic rings. The summed E-state index contributed by atoms with van der Waals surface area (Å²) < 4.78 is 5.32. The van der Waals surface area contributed by atoms with E-state index in [0.717, 1.165) is 24.6 Å². The Balaban J connectivity index is 1.72. The zero-order valence-electron chi connectivity index (χ0n) is 12.1. The van der Waals surface area contributed by atoms with Crippen molar-refractivity contribution in [1.29, 1.82) is 0 Å². The van der Waals surface area contributed by atoms with Crippen LogP contribution in [0.25, 0.3) is 0 Å². The molecule has 0 aromatic carbocycles. The quantitative estimate of drug-likeness (QED) is 0.767. The van der Waals surface area contributed by atoms with Crippen LogP contribution in [0.15, 0.2) is 0 Å². The third-order valence-corrected chi connectivity index (χ3v) is 4.82. The largest absolute Gasteiger partial charge is 0.384 e. The molecule has 2 nitrogen and oxygen atoms in total. The number of hydrogen-bond acceptors (Lipinski definition) is 2. The molecule has 18 heavy (non-hydrogen) atoms. The zero-order valence-corrected chi connectivity index (χ0v) is 12.1. The molecule has 0 bridgehead atoms. The highest BCUT2D eigenvalue weighted by atomic mass is 16.5. The molecule has 2 unspecified atom stereocenters. The standard InChI is InChI=1S/C16H31NO/c1-18-13-14-7-6-10-16(12-11-14)17-15-8-4-2-3-5-9-15/h14-17H,2-13H2,1H3. The van der Waals surface area contributed by atoms with Gasteiger partial charge in [-0.15, -0.1) is 0 Å². The van der Waals surface area contributed by atoms with Crippen LogP contribution in [0.4, 0.5) is 0 Å². The Morgan fingerprint density at radius 1 is 0.778 bits per heavy atom. The third kappa shape index (κ3) is 4.89. The lowest BCUT2D eigenvalue weighted by atomic mass is 10.0. The van der Waals surface area contributed by atoms with Crippen molar-refractivity contribution in [1.82, 2.24) is 5.32 Å². The maximum absolute atomic E-state index is 5.32. The summed E-state index contributed by atoms with van der Waals surface area (Å²) in [5.74, 6) is 0.816. The van der Waals surface area contributed by atoms with Crippen LogP contribution in [0.3, 0.4) is 0 Å². The Morgan fingerprint density at radius 2 is 1.44 bits per heavy atom. The average molecular weight is 253 g/mol. The molecular formula is C16H31NO. The normalized spacial score (nSPS) is 31.8. The SMILES string of the molecule is COCC1CCCC(NC2CCCCCC2)CC1. The summed E-state index contributed by atoms with van der Waals surface area (Å²) in [5.41, 5.74) is 0. The summed E-state index contributed by atoms with van der Waals surface area (Å²) >= 11 is 0. The van der Waals surface area contributed by atoms with E-state index in [1.165, 1.54) is 70.6 Å². The molecule has 0 aliphatic heterocycles. The molecule has 0 spiro atoms. The summed E-state index contributed by atoms with van der Waals surface area (Å²) in [7, 11) is 1.84. The summed E-state index contributed by atoms with van der Waals surface area (Å²) in [6.45, 7) is 0.968. The van der Waals surface area contributed by atoms with Crippen LogP contribution in [0, 0.1) is 5.92 Å². The van der Waals surface area contributed by atoms with Gasteiger partial charge in [-0.2, -0.15) is 0 Å². The van der Waals surface area contributed by atoms with E-state index < -0.39 is 0 Å². The van der Waals surface area contributed by atoms with Gasteiger partial charge in [0, 0.05) is 25.8 Å². The first-order valence-corrected chi connectivity index (χ1v) is 8.13. The van der Waals surface area contributed by atoms with Gasteiger partial charge >= 0.3 is 0 Å². The highest BCUT2D eigenvalue weighted by Gasteiger charge is 2.21. The maximum Gasteiger partial charge on any atom is 0.0490 e. The van der Waals surface area contributed by atoms with Gasteiger partial charge in [0.1, 0.15) is 0 Å². The van der Waals surface area contributed by atoms with Gasteiger partial charge in [-0.3, -0.25) is 0 Å². The van der Waals surface area contributed by atoms with E-state index in [2.05, 4.69) is 5.32 Å². The van der Waals surface area contributed by atoms with Gasteiger partial charge in [0.05, 0.1) is 0 Å². The van der Waals surface area contributed by atoms with Crippen LogP contribution in [-0.2, 0) is 4.74 Å². The second-order valence-electron chi connectivity index (χ2n) is 6.38. The van der Waals surface area contributed by atoms with E-state index in [1.807, 2.05) is 7.11 Å². The van der Waals surface area contributed by atoms with Crippen molar-refractivity contribution in [2.75, 3.05) is 13.7 Å². The van der Waals surface area contributed by atoms with Crippen LogP contribution in [0.5, 0.6) is 0 Å². The molecule has 0 amide bonds. The van der Waals surface area contributed by atoms with Gasteiger partial charge in [-0.1, -0.05) is 32.1 Å². The maximum atomic E-state index is 5.32. The zero-order chi connectivity index (χ0) is 12.6. The molecule has 2 heteroatoms. The van der Waals surface area contributed by atoms with Gasteiger partial charge in [0.2, 0.25) is 0 Å². The predicted molar refractivity (Wildman–Crippen MR) is 76.9 cm³/mol. The first kappa shape index (κ1) is 14.3. The summed E-state index contributed by atoms with van der Waals surface area (Å²) in [5, 5.41) is 3.96. The molecule has 2 saturated carbocycles. The molecule has 2 rings (SSSR count). The smallest absolute Gasteiger partial charge is 0.0490 e. The summed E-state index contributed by atoms with van der Waals surface area (Å²) in [4.78, 5) is 0. The first-order chi connectivity index (χ1) is 8.88. The number of hydrogen-bond donors (Lipinski definition) is 1. The fraction of sp³-hybridized carbons (Fsp3) is 1.00. The Hall–Kier alpha value is -0.0800. The lowest BCUT2D eigenvalue weighted by molar-refractivity contribution is 0.144. The highest BCUT2D eigenvalue weighted by Crippen LogP contribution is 2.25. The molecule has 0 radical (unpaired) electrons. The van der Waals surface area contributed by atoms with Crippen LogP contribution < -0.4 is 5.32 Å². The van der Waals surface area contributed by atoms with Crippen molar-refractivity contribution in [3.63, 3.8) is 0 Å². The number of methoxy groups -OCH3 is 1. The van der Waals surface area contributed by atoms with Gasteiger partial charge < -0.3 is 10.1 Å². The molecule has 2 atom stereocenters. The Bertz CT molecular complexity index is 211. The topological polar surface area (TPSA) is 21.3 Å². The fourth-order valence-electron chi connectivity index (χ4n) is 3.73. The molecule has 2 fully saturated rings. The number of ether oxygens (including phenoxy) is 1. The van der Waals surface area contributed by atoms with E-state index in [0.29, 0.717) is 0 Å². The van der Waals surface area contributed by atoms with E-state index >= 15 is 0 Å². The van der Waals surface area contributed by atoms with Crippen LogP contribution in [-0.4, -0.2) is 25.8 Å². The lowest BCUT2D eigenvalue weighted by Gasteiger charge is -2.24. The monoisotopic (exact) mass is 253 g/mol. The molecule has 2 aliphatic carbocycles. The summed E-state index contributed by atoms with van der Waals surface area (Å²) in [6, 6.07) is 1.60. The van der Waals surface area contributed by atoms with Crippen molar-refractivity contribution < 1.29 is 4.74 Å². The fourth-order valence-corrected chi connectivity index (χ4v) is 3.73. The van der Waals surface area contributed by atoms with Crippen molar-refractivity contribution >= 4 is 0 Å². The molecule has 0 heterocycles. The van der Waals surface area contributed by atoms with Crippen LogP contribution in [0.1, 0.15) is 70.6 Å². The molecule has 106 valence electrons. The van der Waals surface area contributed by atoms with Gasteiger partial charge in [0.25, 0.3) is 0 Å². The van der Waals surface area contributed by atoms with Crippen molar-refractivity contribution in [2.24, 2.45) is 5.92 Å². The van der Waals surface area contributed by atoms with E-state index in [9.17, 15) is 0 Å². The molecule has 1 N–H and O–H groups in total. The van der Waals surface area contributed by atoms with Crippen molar-refractivity contribution in [3.05, 3.63) is 0 Å². The second kappa shape index (κ2) is 8.16. The average Bonchev–Trinajstić information content (AvgIpc) is 2.74. The Kier molecular flexibility index (Phi) is 6.50. The minimum Gasteiger partial charge on any atom is -0.384 e. The van der Waals surface area contributed by atoms with Crippen LogP contribution in [0.2, 0.25) is 0 Å². The van der Waals surface area contributed by atoms with Gasteiger partial charge in [-0.25, -0.2) is 0 Å². The van der Waals surface area contributed by atoms with E-state index in [-0.39, 0.29) is 0 Å². The second-order valence-corrected chi connectivity index (χ2v) is 6.38. The van der Waals surface area contributed by atoms with Crippen molar-refractivity contribution in [3.8, 4) is 0 Å². The molecule has 0 saturated heterocycles. The number of rotatable bonds is 4. The molecule has 0 aromatic rings. The van der Waals surface area contributed by atoms with E-state index in [4.69, 9.17) is 4.74 Å².